The number of aromatic amines is 1. The Kier molecular flexibility index (Phi) is 3.52. The molecule has 0 bridgehead atoms. The molecule has 120 valence electrons. The van der Waals surface area contributed by atoms with Gasteiger partial charge in [-0.15, -0.1) is 0 Å². The molecule has 1 fully saturated rings. The van der Waals surface area contributed by atoms with E-state index in [4.69, 9.17) is 0 Å². The first-order valence-corrected chi connectivity index (χ1v) is 8.22. The largest absolute Gasteiger partial charge is 0.331 e. The Morgan fingerprint density at radius 2 is 2.30 bits per heavy atom. The molecule has 1 aliphatic carbocycles. The van der Waals surface area contributed by atoms with Crippen LogP contribution in [0.2, 0.25) is 0 Å². The van der Waals surface area contributed by atoms with Gasteiger partial charge in [-0.3, -0.25) is 5.10 Å². The molecule has 0 spiro atoms. The maximum Gasteiger partial charge on any atom is 0.318 e. The molecule has 1 aromatic heterocycles. The van der Waals surface area contributed by atoms with Gasteiger partial charge in [-0.25, -0.2) is 9.78 Å². The van der Waals surface area contributed by atoms with Crippen LogP contribution < -0.4 is 5.32 Å². The monoisotopic (exact) mass is 311 g/mol. The van der Waals surface area contributed by atoms with Crippen LogP contribution >= 0.6 is 0 Å². The van der Waals surface area contributed by atoms with Gasteiger partial charge >= 0.3 is 6.03 Å². The van der Waals surface area contributed by atoms with E-state index in [9.17, 15) is 4.79 Å². The van der Waals surface area contributed by atoms with Crippen molar-refractivity contribution in [2.24, 2.45) is 0 Å². The van der Waals surface area contributed by atoms with Gasteiger partial charge < -0.3 is 10.2 Å². The number of nitrogens with zero attached hydrogens (tertiary/aromatic N) is 3. The van der Waals surface area contributed by atoms with Gasteiger partial charge in [0.15, 0.2) is 5.82 Å². The Morgan fingerprint density at radius 1 is 1.43 bits per heavy atom. The van der Waals surface area contributed by atoms with Crippen LogP contribution in [0.25, 0.3) is 0 Å². The number of rotatable bonds is 3. The predicted molar refractivity (Wildman–Crippen MR) is 85.9 cm³/mol. The van der Waals surface area contributed by atoms with E-state index in [2.05, 4.69) is 45.6 Å². The number of aryl methyl sites for hydroxylation is 1. The summed E-state index contributed by atoms with van der Waals surface area (Å²) in [6, 6.07) is 6.31. The summed E-state index contributed by atoms with van der Waals surface area (Å²) in [4.78, 5) is 18.7. The highest BCUT2D eigenvalue weighted by molar-refractivity contribution is 5.74. The van der Waals surface area contributed by atoms with Gasteiger partial charge in [-0.05, 0) is 42.9 Å². The second kappa shape index (κ2) is 5.68. The zero-order chi connectivity index (χ0) is 15.8. The van der Waals surface area contributed by atoms with Crippen LogP contribution in [0, 0.1) is 6.92 Å². The van der Waals surface area contributed by atoms with Crippen molar-refractivity contribution >= 4 is 6.03 Å². The summed E-state index contributed by atoms with van der Waals surface area (Å²) in [5.41, 5.74) is 3.90. The van der Waals surface area contributed by atoms with E-state index < -0.39 is 0 Å². The van der Waals surface area contributed by atoms with Gasteiger partial charge in [0.05, 0.1) is 6.54 Å². The quantitative estimate of drug-likeness (QED) is 0.913. The molecule has 0 unspecified atom stereocenters. The van der Waals surface area contributed by atoms with E-state index in [1.807, 2.05) is 4.90 Å². The van der Waals surface area contributed by atoms with Crippen molar-refractivity contribution in [2.45, 2.75) is 45.2 Å². The molecule has 2 amide bonds. The fraction of sp³-hybridized carbons (Fsp3) is 0.471. The third-order valence-corrected chi connectivity index (χ3v) is 4.69. The number of H-pyrrole nitrogens is 1. The molecule has 0 radical (unpaired) electrons. The molecule has 6 nitrogen and oxygen atoms in total. The first-order valence-electron chi connectivity index (χ1n) is 8.22. The van der Waals surface area contributed by atoms with Gasteiger partial charge in [-0.2, -0.15) is 5.10 Å². The lowest BCUT2D eigenvalue weighted by molar-refractivity contribution is 0.191. The summed E-state index contributed by atoms with van der Waals surface area (Å²) in [6.45, 7) is 3.94. The van der Waals surface area contributed by atoms with E-state index in [1.165, 1.54) is 29.5 Å². The van der Waals surface area contributed by atoms with Crippen LogP contribution in [-0.2, 0) is 19.5 Å². The smallest absolute Gasteiger partial charge is 0.318 e. The number of hydrogen-bond acceptors (Lipinski definition) is 3. The maximum atomic E-state index is 12.4. The predicted octanol–water partition coefficient (Wildman–Crippen LogP) is 2.26. The average Bonchev–Trinajstić information content (AvgIpc) is 3.31. The number of aromatic nitrogens is 3. The zero-order valence-corrected chi connectivity index (χ0v) is 13.3. The van der Waals surface area contributed by atoms with Crippen molar-refractivity contribution in [1.29, 1.82) is 0 Å². The Bertz CT molecular complexity index is 734. The molecule has 1 aliphatic heterocycles. The van der Waals surface area contributed by atoms with E-state index in [1.54, 1.807) is 0 Å². The summed E-state index contributed by atoms with van der Waals surface area (Å²) >= 11 is 0. The molecular formula is C17H21N5O. The molecule has 1 aromatic carbocycles. The highest BCUT2D eigenvalue weighted by atomic mass is 16.2. The van der Waals surface area contributed by atoms with Crippen molar-refractivity contribution < 1.29 is 4.79 Å². The molecule has 1 saturated carbocycles. The van der Waals surface area contributed by atoms with Gasteiger partial charge in [0, 0.05) is 19.0 Å². The van der Waals surface area contributed by atoms with E-state index in [0.29, 0.717) is 19.0 Å². The Labute approximate surface area is 135 Å². The molecule has 0 atom stereocenters. The molecule has 23 heavy (non-hydrogen) atoms. The molecule has 2 aliphatic rings. The summed E-state index contributed by atoms with van der Waals surface area (Å²) < 4.78 is 0. The van der Waals surface area contributed by atoms with Crippen molar-refractivity contribution in [3.05, 3.63) is 46.5 Å². The molecule has 0 saturated heterocycles. The van der Waals surface area contributed by atoms with Crippen molar-refractivity contribution in [3.8, 4) is 0 Å². The van der Waals surface area contributed by atoms with Gasteiger partial charge in [0.1, 0.15) is 5.82 Å². The molecule has 4 rings (SSSR count). The van der Waals surface area contributed by atoms with Crippen LogP contribution in [0.5, 0.6) is 0 Å². The zero-order valence-electron chi connectivity index (χ0n) is 13.3. The fourth-order valence-electron chi connectivity index (χ4n) is 3.11. The Balaban J connectivity index is 1.36. The van der Waals surface area contributed by atoms with Crippen LogP contribution in [0.15, 0.2) is 18.2 Å². The van der Waals surface area contributed by atoms with E-state index >= 15 is 0 Å². The Hall–Kier alpha value is -2.37. The lowest BCUT2D eigenvalue weighted by Crippen LogP contribution is -2.42. The number of carbonyl (C=O) groups excluding carboxylic acids is 1. The summed E-state index contributed by atoms with van der Waals surface area (Å²) in [7, 11) is 0. The van der Waals surface area contributed by atoms with Gasteiger partial charge in [0.25, 0.3) is 0 Å². The number of benzene rings is 1. The highest BCUT2D eigenvalue weighted by Gasteiger charge is 2.28. The summed E-state index contributed by atoms with van der Waals surface area (Å²) in [6.07, 6.45) is 3.27. The average molecular weight is 311 g/mol. The lowest BCUT2D eigenvalue weighted by Gasteiger charge is -2.30. The van der Waals surface area contributed by atoms with Gasteiger partial charge in [-0.1, -0.05) is 18.2 Å². The first kappa shape index (κ1) is 14.2. The van der Waals surface area contributed by atoms with Crippen molar-refractivity contribution in [2.75, 3.05) is 6.54 Å². The van der Waals surface area contributed by atoms with Crippen LogP contribution in [0.1, 0.15) is 47.1 Å². The third-order valence-electron chi connectivity index (χ3n) is 4.69. The van der Waals surface area contributed by atoms with E-state index in [0.717, 1.165) is 24.6 Å². The molecular weight excluding hydrogens is 290 g/mol. The molecule has 6 heteroatoms. The number of hydrogen-bond donors (Lipinski definition) is 2. The third kappa shape index (κ3) is 2.93. The van der Waals surface area contributed by atoms with Crippen molar-refractivity contribution in [3.63, 3.8) is 0 Å². The van der Waals surface area contributed by atoms with Crippen LogP contribution in [0.3, 0.4) is 0 Å². The van der Waals surface area contributed by atoms with Crippen LogP contribution in [-0.4, -0.2) is 32.7 Å². The van der Waals surface area contributed by atoms with Gasteiger partial charge in [0.2, 0.25) is 0 Å². The molecule has 2 heterocycles. The maximum absolute atomic E-state index is 12.4. The second-order valence-electron chi connectivity index (χ2n) is 6.46. The molecule has 2 N–H and O–H groups in total. The normalized spacial score (nSPS) is 17.0. The minimum atomic E-state index is -0.0386. The first-order chi connectivity index (χ1) is 11.2. The summed E-state index contributed by atoms with van der Waals surface area (Å²) in [5, 5.41) is 10.1. The second-order valence-corrected chi connectivity index (χ2v) is 6.46. The number of urea groups is 1. The lowest BCUT2D eigenvalue weighted by atomic mass is 9.96. The minimum Gasteiger partial charge on any atom is -0.331 e. The number of amides is 2. The number of nitrogens with one attached hydrogen (secondary N) is 2. The fourth-order valence-corrected chi connectivity index (χ4v) is 3.11. The highest BCUT2D eigenvalue weighted by Crippen LogP contribution is 2.37. The Morgan fingerprint density at radius 3 is 3.13 bits per heavy atom. The minimum absolute atomic E-state index is 0.0386. The number of fused-ring (bicyclic) bond motifs is 1. The number of carbonyl (C=O) groups is 1. The summed E-state index contributed by atoms with van der Waals surface area (Å²) in [5.74, 6) is 2.14. The molecule has 2 aromatic rings. The van der Waals surface area contributed by atoms with E-state index in [-0.39, 0.29) is 6.03 Å². The van der Waals surface area contributed by atoms with Crippen LogP contribution in [0.4, 0.5) is 4.79 Å². The van der Waals surface area contributed by atoms with Crippen molar-refractivity contribution in [1.82, 2.24) is 25.4 Å². The standard InChI is InChI=1S/C17H21N5O/c1-11-3-2-4-12-7-8-22(10-14(11)12)17(23)18-9-15-19-16(21-20-15)13-5-6-13/h2-4,13H,5-10H2,1H3,(H,18,23)(H,19,20,21). The topological polar surface area (TPSA) is 73.9 Å². The SMILES string of the molecule is Cc1cccc2c1CN(C(=O)NCc1nc(C3CC3)n[nH]1)CC2.